The molecule has 2 aliphatic rings. The molecule has 0 spiro atoms. The molecule has 0 atom stereocenters. The first-order chi connectivity index (χ1) is 16.4. The Bertz CT molecular complexity index is 1290. The highest BCUT2D eigenvalue weighted by Gasteiger charge is 2.30. The number of nitrogens with zero attached hydrogens (tertiary/aromatic N) is 1. The second-order valence-corrected chi connectivity index (χ2v) is 8.54. The van der Waals surface area contributed by atoms with Gasteiger partial charge < -0.3 is 20.1 Å². The zero-order valence-electron chi connectivity index (χ0n) is 18.0. The summed E-state index contributed by atoms with van der Waals surface area (Å²) in [6.07, 6.45) is -2.69. The van der Waals surface area contributed by atoms with E-state index in [1.807, 2.05) is 24.3 Å². The molecule has 5 rings (SSSR count). The number of morpholine rings is 1. The summed E-state index contributed by atoms with van der Waals surface area (Å²) in [5.74, 6) is -0.888. The molecule has 2 N–H and O–H groups in total. The van der Waals surface area contributed by atoms with Gasteiger partial charge in [0.15, 0.2) is 0 Å². The molecule has 0 unspecified atom stereocenters. The van der Waals surface area contributed by atoms with Gasteiger partial charge in [0, 0.05) is 41.0 Å². The molecule has 3 aromatic rings. The van der Waals surface area contributed by atoms with E-state index in [9.17, 15) is 18.7 Å². The number of nitrogens with one attached hydrogen (secondary N) is 1. The van der Waals surface area contributed by atoms with Crippen molar-refractivity contribution in [1.82, 2.24) is 0 Å². The summed E-state index contributed by atoms with van der Waals surface area (Å²) in [4.78, 5) is 15.0. The number of amides is 1. The molecule has 2 heterocycles. The van der Waals surface area contributed by atoms with Gasteiger partial charge in [-0.05, 0) is 35.9 Å². The zero-order valence-corrected chi connectivity index (χ0v) is 18.8. The maximum atomic E-state index is 13.1. The topological polar surface area (TPSA) is 61.8 Å². The molecule has 34 heavy (non-hydrogen) atoms. The van der Waals surface area contributed by atoms with Gasteiger partial charge >= 0.3 is 0 Å². The van der Waals surface area contributed by atoms with Gasteiger partial charge in [-0.25, -0.2) is 8.78 Å². The third-order valence-corrected chi connectivity index (χ3v) is 6.37. The van der Waals surface area contributed by atoms with Crippen molar-refractivity contribution in [2.75, 3.05) is 36.5 Å². The first-order valence-electron chi connectivity index (χ1n) is 10.8. The van der Waals surface area contributed by atoms with Gasteiger partial charge in [0.05, 0.1) is 29.5 Å². The van der Waals surface area contributed by atoms with Crippen LogP contribution < -0.4 is 10.2 Å². The van der Waals surface area contributed by atoms with E-state index >= 15 is 0 Å². The van der Waals surface area contributed by atoms with Crippen LogP contribution in [-0.4, -0.2) is 37.3 Å². The number of benzene rings is 3. The molecule has 3 aromatic carbocycles. The van der Waals surface area contributed by atoms with Crippen LogP contribution in [0.1, 0.15) is 23.1 Å². The number of hydrogen-bond donors (Lipinski definition) is 2. The fraction of sp³-hybridized carbons (Fsp3) is 0.192. The molecule has 1 saturated heterocycles. The van der Waals surface area contributed by atoms with Crippen LogP contribution in [0.15, 0.2) is 60.7 Å². The number of aliphatic hydroxyl groups is 1. The van der Waals surface area contributed by atoms with E-state index in [2.05, 4.69) is 10.2 Å². The summed E-state index contributed by atoms with van der Waals surface area (Å²) < 4.78 is 31.7. The van der Waals surface area contributed by atoms with E-state index in [1.165, 1.54) is 24.3 Å². The Labute approximate surface area is 200 Å². The number of hydrogen-bond acceptors (Lipinski definition) is 4. The summed E-state index contributed by atoms with van der Waals surface area (Å²) in [7, 11) is 0. The monoisotopic (exact) mass is 482 g/mol. The highest BCUT2D eigenvalue weighted by Crippen LogP contribution is 2.42. The number of alkyl halides is 2. The normalized spacial score (nSPS) is 17.1. The number of rotatable bonds is 4. The number of ether oxygens (including phenoxy) is 1. The SMILES string of the molecule is O=C1Nc2cc(Cl)c(-c3ccc(N4CCOCC4)cc3)cc2/C1=C(/O)c1cccc(C(F)F)c1. The van der Waals surface area contributed by atoms with Gasteiger partial charge in [-0.2, -0.15) is 0 Å². The summed E-state index contributed by atoms with van der Waals surface area (Å²) in [6, 6.07) is 16.7. The zero-order chi connectivity index (χ0) is 23.8. The average Bonchev–Trinajstić information content (AvgIpc) is 3.18. The highest BCUT2D eigenvalue weighted by atomic mass is 35.5. The van der Waals surface area contributed by atoms with Crippen LogP contribution in [0.4, 0.5) is 20.2 Å². The largest absolute Gasteiger partial charge is 0.506 e. The smallest absolute Gasteiger partial charge is 0.263 e. The summed E-state index contributed by atoms with van der Waals surface area (Å²) in [5, 5.41) is 14.0. The van der Waals surface area contributed by atoms with Crippen molar-refractivity contribution in [3.05, 3.63) is 82.4 Å². The van der Waals surface area contributed by atoms with Crippen molar-refractivity contribution in [3.63, 3.8) is 0 Å². The predicted molar refractivity (Wildman–Crippen MR) is 129 cm³/mol. The van der Waals surface area contributed by atoms with Crippen molar-refractivity contribution >= 4 is 40.2 Å². The Morgan fingerprint density at radius 2 is 1.76 bits per heavy atom. The van der Waals surface area contributed by atoms with E-state index in [1.54, 1.807) is 12.1 Å². The molecule has 5 nitrogen and oxygen atoms in total. The quantitative estimate of drug-likeness (QED) is 0.345. The van der Waals surface area contributed by atoms with Gasteiger partial charge in [-0.15, -0.1) is 0 Å². The highest BCUT2D eigenvalue weighted by molar-refractivity contribution is 6.38. The minimum absolute atomic E-state index is 0.0178. The van der Waals surface area contributed by atoms with Crippen LogP contribution in [0.2, 0.25) is 5.02 Å². The van der Waals surface area contributed by atoms with Crippen LogP contribution in [0.25, 0.3) is 22.5 Å². The fourth-order valence-electron chi connectivity index (χ4n) is 4.29. The molecule has 1 amide bonds. The maximum absolute atomic E-state index is 13.1. The molecule has 8 heteroatoms. The van der Waals surface area contributed by atoms with Gasteiger partial charge in [-0.1, -0.05) is 41.9 Å². The van der Waals surface area contributed by atoms with Crippen LogP contribution >= 0.6 is 11.6 Å². The first kappa shape index (κ1) is 22.4. The van der Waals surface area contributed by atoms with Crippen LogP contribution in [-0.2, 0) is 9.53 Å². The summed E-state index contributed by atoms with van der Waals surface area (Å²) in [6.45, 7) is 3.04. The van der Waals surface area contributed by atoms with E-state index in [-0.39, 0.29) is 22.5 Å². The fourth-order valence-corrected chi connectivity index (χ4v) is 4.56. The van der Waals surface area contributed by atoms with Crippen LogP contribution in [0.5, 0.6) is 0 Å². The van der Waals surface area contributed by atoms with Gasteiger partial charge in [0.25, 0.3) is 12.3 Å². The average molecular weight is 483 g/mol. The second-order valence-electron chi connectivity index (χ2n) is 8.13. The predicted octanol–water partition coefficient (Wildman–Crippen LogP) is 6.16. The van der Waals surface area contributed by atoms with E-state index in [0.717, 1.165) is 24.3 Å². The Balaban J connectivity index is 1.54. The minimum atomic E-state index is -2.69. The molecule has 0 radical (unpaired) electrons. The number of fused-ring (bicyclic) bond motifs is 1. The lowest BCUT2D eigenvalue weighted by molar-refractivity contribution is -0.110. The Morgan fingerprint density at radius 1 is 1.03 bits per heavy atom. The molecule has 0 aromatic heterocycles. The van der Waals surface area contributed by atoms with Crippen LogP contribution in [0, 0.1) is 0 Å². The third kappa shape index (κ3) is 4.13. The van der Waals surface area contributed by atoms with Crippen molar-refractivity contribution in [3.8, 4) is 11.1 Å². The lowest BCUT2D eigenvalue weighted by Gasteiger charge is -2.29. The van der Waals surface area contributed by atoms with Crippen molar-refractivity contribution < 1.29 is 23.4 Å². The molecular weight excluding hydrogens is 462 g/mol. The molecule has 0 aliphatic carbocycles. The molecule has 174 valence electrons. The van der Waals surface area contributed by atoms with E-state index in [0.29, 0.717) is 35.1 Å². The summed E-state index contributed by atoms with van der Waals surface area (Å²) in [5.41, 5.74) is 3.46. The van der Waals surface area contributed by atoms with Crippen molar-refractivity contribution in [1.29, 1.82) is 0 Å². The standard InChI is InChI=1S/C26H21ClF2N2O3/c27-21-14-22-20(13-19(21)15-4-6-18(7-5-15)31-8-10-34-11-9-31)23(26(33)30-22)24(32)16-2-1-3-17(12-16)25(28)29/h1-7,12-14,25,32H,8-11H2,(H,30,33)/b24-23-. The first-order valence-corrected chi connectivity index (χ1v) is 11.2. The molecular formula is C26H21ClF2N2O3. The second kappa shape index (κ2) is 9.08. The number of carbonyl (C=O) groups excluding carboxylic acids is 1. The molecule has 2 aliphatic heterocycles. The Hall–Kier alpha value is -3.42. The van der Waals surface area contributed by atoms with E-state index < -0.39 is 12.3 Å². The summed E-state index contributed by atoms with van der Waals surface area (Å²) >= 11 is 6.54. The van der Waals surface area contributed by atoms with Gasteiger partial charge in [0.1, 0.15) is 5.76 Å². The number of aliphatic hydroxyl groups excluding tert-OH is 1. The van der Waals surface area contributed by atoms with Crippen molar-refractivity contribution in [2.24, 2.45) is 0 Å². The lowest BCUT2D eigenvalue weighted by Crippen LogP contribution is -2.36. The number of halogens is 3. The van der Waals surface area contributed by atoms with Gasteiger partial charge in [0.2, 0.25) is 0 Å². The van der Waals surface area contributed by atoms with Crippen molar-refractivity contribution in [2.45, 2.75) is 6.43 Å². The lowest BCUT2D eigenvalue weighted by atomic mass is 9.96. The maximum Gasteiger partial charge on any atom is 0.263 e. The van der Waals surface area contributed by atoms with Crippen LogP contribution in [0.3, 0.4) is 0 Å². The Kier molecular flexibility index (Phi) is 5.98. The molecule has 1 fully saturated rings. The van der Waals surface area contributed by atoms with E-state index in [4.69, 9.17) is 16.3 Å². The molecule has 0 saturated carbocycles. The number of carbonyl (C=O) groups is 1. The van der Waals surface area contributed by atoms with Gasteiger partial charge in [-0.3, -0.25) is 4.79 Å². The third-order valence-electron chi connectivity index (χ3n) is 6.06. The molecule has 0 bridgehead atoms. The minimum Gasteiger partial charge on any atom is -0.506 e. The number of anilines is 2. The Morgan fingerprint density at radius 3 is 2.47 bits per heavy atom.